The second-order valence-corrected chi connectivity index (χ2v) is 6.74. The van der Waals surface area contributed by atoms with Crippen molar-refractivity contribution in [2.75, 3.05) is 13.6 Å². The van der Waals surface area contributed by atoms with Crippen LogP contribution in [0.1, 0.15) is 22.8 Å². The average molecular weight is 357 g/mol. The van der Waals surface area contributed by atoms with Crippen molar-refractivity contribution in [3.8, 4) is 0 Å². The van der Waals surface area contributed by atoms with Gasteiger partial charge in [-0.1, -0.05) is 12.1 Å². The molecule has 0 aliphatic rings. The van der Waals surface area contributed by atoms with Crippen molar-refractivity contribution < 1.29 is 22.0 Å². The number of rotatable bonds is 6. The molecule has 0 bridgehead atoms. The molecule has 0 aromatic heterocycles. The highest BCUT2D eigenvalue weighted by Crippen LogP contribution is 2.15. The molecule has 1 atom stereocenters. The van der Waals surface area contributed by atoms with E-state index in [0.29, 0.717) is 12.1 Å². The van der Waals surface area contributed by atoms with Gasteiger partial charge in [0.25, 0.3) is 5.91 Å². The smallest absolute Gasteiger partial charge is 0.337 e. The molecule has 0 heterocycles. The van der Waals surface area contributed by atoms with Crippen molar-refractivity contribution in [1.29, 1.82) is 0 Å². The molecular formula is C13H19ClF2N2O3S. The van der Waals surface area contributed by atoms with Gasteiger partial charge < -0.3 is 10.6 Å². The minimum absolute atomic E-state index is 0. The number of amides is 1. The maximum atomic E-state index is 12.3. The van der Waals surface area contributed by atoms with Crippen molar-refractivity contribution in [1.82, 2.24) is 4.90 Å². The molecule has 1 aromatic carbocycles. The van der Waals surface area contributed by atoms with Gasteiger partial charge in [0.05, 0.1) is 5.75 Å². The molecule has 0 fully saturated rings. The zero-order valence-electron chi connectivity index (χ0n) is 12.2. The van der Waals surface area contributed by atoms with E-state index < -0.39 is 21.3 Å². The summed E-state index contributed by atoms with van der Waals surface area (Å²) in [4.78, 5) is 13.5. The molecule has 0 aliphatic carbocycles. The lowest BCUT2D eigenvalue weighted by molar-refractivity contribution is 0.0748. The van der Waals surface area contributed by atoms with E-state index in [-0.39, 0.29) is 29.9 Å². The van der Waals surface area contributed by atoms with Gasteiger partial charge >= 0.3 is 5.76 Å². The number of hydrogen-bond donors (Lipinski definition) is 1. The van der Waals surface area contributed by atoms with Gasteiger partial charge in [0.1, 0.15) is 0 Å². The quantitative estimate of drug-likeness (QED) is 0.840. The summed E-state index contributed by atoms with van der Waals surface area (Å²) in [6, 6.07) is 5.40. The number of benzene rings is 1. The van der Waals surface area contributed by atoms with Crippen LogP contribution in [0.3, 0.4) is 0 Å². The third kappa shape index (κ3) is 5.19. The number of nitrogens with two attached hydrogens (primary N) is 1. The predicted octanol–water partition coefficient (Wildman–Crippen LogP) is 1.66. The number of sulfone groups is 1. The van der Waals surface area contributed by atoms with Crippen molar-refractivity contribution in [2.24, 2.45) is 5.73 Å². The Kier molecular flexibility index (Phi) is 7.92. The fraction of sp³-hybridized carbons (Fsp3) is 0.462. The molecule has 1 amide bonds. The SMILES string of the molecule is CC(CN)N(C)C(=O)c1ccc(CS(=O)(=O)C(F)F)cc1.Cl. The first-order valence-corrected chi connectivity index (χ1v) is 7.96. The van der Waals surface area contributed by atoms with Crippen molar-refractivity contribution >= 4 is 28.2 Å². The summed E-state index contributed by atoms with van der Waals surface area (Å²) in [5.74, 6) is -4.43. The molecule has 2 N–H and O–H groups in total. The van der Waals surface area contributed by atoms with Crippen LogP contribution in [0.4, 0.5) is 8.78 Å². The van der Waals surface area contributed by atoms with Crippen molar-refractivity contribution in [3.05, 3.63) is 35.4 Å². The van der Waals surface area contributed by atoms with Crippen molar-refractivity contribution in [3.63, 3.8) is 0 Å². The summed E-state index contributed by atoms with van der Waals surface area (Å²) in [7, 11) is -2.86. The van der Waals surface area contributed by atoms with Gasteiger partial charge in [-0.2, -0.15) is 8.78 Å². The largest absolute Gasteiger partial charge is 0.338 e. The van der Waals surface area contributed by atoms with Crippen LogP contribution in [-0.4, -0.2) is 44.6 Å². The number of carbonyl (C=O) groups excluding carboxylic acids is 1. The van der Waals surface area contributed by atoms with Crippen LogP contribution >= 0.6 is 12.4 Å². The van der Waals surface area contributed by atoms with E-state index in [1.54, 1.807) is 14.0 Å². The van der Waals surface area contributed by atoms with Crippen LogP contribution in [0.15, 0.2) is 24.3 Å². The van der Waals surface area contributed by atoms with E-state index in [9.17, 15) is 22.0 Å². The second-order valence-electron chi connectivity index (χ2n) is 4.77. The molecule has 1 aromatic rings. The Balaban J connectivity index is 0.00000441. The Hall–Kier alpha value is -1.25. The minimum Gasteiger partial charge on any atom is -0.338 e. The van der Waals surface area contributed by atoms with Crippen LogP contribution in [-0.2, 0) is 15.6 Å². The first-order valence-electron chi connectivity index (χ1n) is 6.25. The van der Waals surface area contributed by atoms with E-state index >= 15 is 0 Å². The van der Waals surface area contributed by atoms with E-state index in [1.165, 1.54) is 29.2 Å². The van der Waals surface area contributed by atoms with Gasteiger partial charge in [0.15, 0.2) is 0 Å². The van der Waals surface area contributed by atoms with Gasteiger partial charge in [-0.05, 0) is 24.6 Å². The molecule has 22 heavy (non-hydrogen) atoms. The van der Waals surface area contributed by atoms with Gasteiger partial charge in [0, 0.05) is 25.2 Å². The number of carbonyl (C=O) groups is 1. The molecule has 0 saturated carbocycles. The highest BCUT2D eigenvalue weighted by molar-refractivity contribution is 7.90. The molecule has 0 saturated heterocycles. The van der Waals surface area contributed by atoms with Crippen LogP contribution in [0, 0.1) is 0 Å². The Morgan fingerprint density at radius 3 is 2.18 bits per heavy atom. The lowest BCUT2D eigenvalue weighted by Crippen LogP contribution is -2.39. The fourth-order valence-corrected chi connectivity index (χ4v) is 2.38. The molecule has 5 nitrogen and oxygen atoms in total. The Morgan fingerprint density at radius 2 is 1.77 bits per heavy atom. The summed E-state index contributed by atoms with van der Waals surface area (Å²) in [6.07, 6.45) is 0. The zero-order valence-corrected chi connectivity index (χ0v) is 13.8. The first kappa shape index (κ1) is 20.8. The molecule has 0 radical (unpaired) electrons. The average Bonchev–Trinajstić information content (AvgIpc) is 2.45. The lowest BCUT2D eigenvalue weighted by Gasteiger charge is -2.23. The fourth-order valence-electron chi connectivity index (χ4n) is 1.60. The van der Waals surface area contributed by atoms with Crippen LogP contribution in [0.2, 0.25) is 0 Å². The maximum Gasteiger partial charge on any atom is 0.337 e. The Bertz CT molecular complexity index is 594. The molecular weight excluding hydrogens is 338 g/mol. The third-order valence-electron chi connectivity index (χ3n) is 3.16. The van der Waals surface area contributed by atoms with Gasteiger partial charge in [0.2, 0.25) is 9.84 Å². The lowest BCUT2D eigenvalue weighted by atomic mass is 10.1. The zero-order chi connectivity index (χ0) is 16.2. The van der Waals surface area contributed by atoms with Gasteiger partial charge in [-0.3, -0.25) is 4.79 Å². The number of alkyl halides is 2. The van der Waals surface area contributed by atoms with Crippen molar-refractivity contribution in [2.45, 2.75) is 24.5 Å². The Morgan fingerprint density at radius 1 is 1.27 bits per heavy atom. The standard InChI is InChI=1S/C13H18F2N2O3S.ClH/c1-9(7-16)17(2)12(18)11-5-3-10(4-6-11)8-21(19,20)13(14)15;/h3-6,9,13H,7-8,16H2,1-2H3;1H. The first-order chi connectivity index (χ1) is 9.69. The van der Waals surface area contributed by atoms with Crippen LogP contribution < -0.4 is 5.73 Å². The van der Waals surface area contributed by atoms with E-state index in [1.807, 2.05) is 0 Å². The number of hydrogen-bond acceptors (Lipinski definition) is 4. The number of likely N-dealkylation sites (N-methyl/N-ethyl adjacent to an activating group) is 1. The van der Waals surface area contributed by atoms with E-state index in [4.69, 9.17) is 5.73 Å². The Labute approximate surface area is 134 Å². The summed E-state index contributed by atoms with van der Waals surface area (Å²) in [5.41, 5.74) is 6.03. The van der Waals surface area contributed by atoms with Gasteiger partial charge in [-0.25, -0.2) is 8.42 Å². The monoisotopic (exact) mass is 356 g/mol. The normalized spacial score (nSPS) is 12.6. The summed E-state index contributed by atoms with van der Waals surface area (Å²) in [6.45, 7) is 2.11. The molecule has 1 unspecified atom stereocenters. The summed E-state index contributed by atoms with van der Waals surface area (Å²) >= 11 is 0. The molecule has 0 aliphatic heterocycles. The minimum atomic E-state index is -4.46. The second kappa shape index (κ2) is 8.40. The van der Waals surface area contributed by atoms with Crippen LogP contribution in [0.25, 0.3) is 0 Å². The topological polar surface area (TPSA) is 80.5 Å². The van der Waals surface area contributed by atoms with Gasteiger partial charge in [-0.15, -0.1) is 12.4 Å². The predicted molar refractivity (Wildman–Crippen MR) is 82.9 cm³/mol. The highest BCUT2D eigenvalue weighted by Gasteiger charge is 2.24. The molecule has 1 rings (SSSR count). The number of nitrogens with zero attached hydrogens (tertiary/aromatic N) is 1. The molecule has 9 heteroatoms. The summed E-state index contributed by atoms with van der Waals surface area (Å²) < 4.78 is 46.8. The van der Waals surface area contributed by atoms with E-state index in [2.05, 4.69) is 0 Å². The molecule has 0 spiro atoms. The highest BCUT2D eigenvalue weighted by atomic mass is 35.5. The van der Waals surface area contributed by atoms with E-state index in [0.717, 1.165) is 0 Å². The summed E-state index contributed by atoms with van der Waals surface area (Å²) in [5, 5.41) is 0. The molecule has 126 valence electrons. The number of halogens is 3. The maximum absolute atomic E-state index is 12.3. The third-order valence-corrected chi connectivity index (χ3v) is 4.44. The van der Waals surface area contributed by atoms with Crippen LogP contribution in [0.5, 0.6) is 0 Å².